The summed E-state index contributed by atoms with van der Waals surface area (Å²) in [5.74, 6) is 0.711. The molecule has 2 aromatic rings. The third kappa shape index (κ3) is 3.79. The monoisotopic (exact) mass is 299 g/mol. The van der Waals surface area contributed by atoms with E-state index in [4.69, 9.17) is 4.74 Å². The number of rotatable bonds is 7. The first kappa shape index (κ1) is 15.9. The van der Waals surface area contributed by atoms with E-state index in [1.54, 1.807) is 0 Å². The summed E-state index contributed by atoms with van der Waals surface area (Å²) in [6.45, 7) is 4.48. The molecule has 0 bridgehead atoms. The topological polar surface area (TPSA) is 49.8 Å². The van der Waals surface area contributed by atoms with Gasteiger partial charge in [-0.2, -0.15) is 0 Å². The molecule has 0 aromatic heterocycles. The highest BCUT2D eigenvalue weighted by molar-refractivity contribution is 5.78. The Morgan fingerprint density at radius 1 is 1.05 bits per heavy atom. The summed E-state index contributed by atoms with van der Waals surface area (Å²) in [5, 5.41) is 9.32. The van der Waals surface area contributed by atoms with E-state index in [0.717, 1.165) is 17.2 Å². The molecule has 0 aliphatic heterocycles. The van der Waals surface area contributed by atoms with Gasteiger partial charge in [0.25, 0.3) is 0 Å². The number of benzene rings is 2. The van der Waals surface area contributed by atoms with Crippen LogP contribution in [0.5, 0.6) is 11.5 Å². The van der Waals surface area contributed by atoms with Crippen molar-refractivity contribution in [2.24, 2.45) is 0 Å². The summed E-state index contributed by atoms with van der Waals surface area (Å²) in [7, 11) is 0. The van der Waals surface area contributed by atoms with Crippen LogP contribution in [0.25, 0.3) is 0 Å². The second kappa shape index (κ2) is 7.50. The number of carboxylic acids is 1. The van der Waals surface area contributed by atoms with Crippen molar-refractivity contribution in [1.82, 2.24) is 0 Å². The van der Waals surface area contributed by atoms with Crippen LogP contribution >= 0.6 is 0 Å². The minimum atomic E-state index is -0.797. The van der Waals surface area contributed by atoms with Crippen LogP contribution in [0.1, 0.15) is 20.3 Å². The van der Waals surface area contributed by atoms with Crippen LogP contribution in [0.3, 0.4) is 0 Å². The number of carbonyl (C=O) groups is 1. The standard InChI is InChI=1S/C18H21NO3/c1-3-17(18(20)21)19(4-2)14-10-12-16(13-11-14)22-15-8-6-5-7-9-15/h5-13,17H,3-4H2,1-2H3,(H,20,21). The Morgan fingerprint density at radius 3 is 2.14 bits per heavy atom. The highest BCUT2D eigenvalue weighted by Crippen LogP contribution is 2.25. The van der Waals surface area contributed by atoms with Crippen LogP contribution < -0.4 is 9.64 Å². The summed E-state index contributed by atoms with van der Waals surface area (Å²) >= 11 is 0. The summed E-state index contributed by atoms with van der Waals surface area (Å²) in [4.78, 5) is 13.2. The Kier molecular flexibility index (Phi) is 5.42. The molecule has 0 saturated heterocycles. The number of ether oxygens (including phenoxy) is 1. The van der Waals surface area contributed by atoms with Gasteiger partial charge in [-0.25, -0.2) is 4.79 Å². The van der Waals surface area contributed by atoms with Gasteiger partial charge in [-0.05, 0) is 49.7 Å². The fourth-order valence-corrected chi connectivity index (χ4v) is 2.44. The Hall–Kier alpha value is -2.49. The molecule has 1 N–H and O–H groups in total. The van der Waals surface area contributed by atoms with E-state index < -0.39 is 12.0 Å². The van der Waals surface area contributed by atoms with E-state index in [9.17, 15) is 9.90 Å². The molecule has 116 valence electrons. The molecule has 0 aliphatic rings. The molecule has 0 amide bonds. The first-order chi connectivity index (χ1) is 10.7. The largest absolute Gasteiger partial charge is 0.480 e. The van der Waals surface area contributed by atoms with Crippen molar-refractivity contribution in [2.45, 2.75) is 26.3 Å². The van der Waals surface area contributed by atoms with Crippen molar-refractivity contribution in [1.29, 1.82) is 0 Å². The van der Waals surface area contributed by atoms with Crippen molar-refractivity contribution >= 4 is 11.7 Å². The van der Waals surface area contributed by atoms with Crippen molar-refractivity contribution in [2.75, 3.05) is 11.4 Å². The molecule has 22 heavy (non-hydrogen) atoms. The number of carboxylic acid groups (broad SMARTS) is 1. The van der Waals surface area contributed by atoms with Gasteiger partial charge in [0.15, 0.2) is 0 Å². The number of anilines is 1. The number of nitrogens with zero attached hydrogens (tertiary/aromatic N) is 1. The average molecular weight is 299 g/mol. The molecule has 0 spiro atoms. The molecule has 0 radical (unpaired) electrons. The van der Waals surface area contributed by atoms with Crippen LogP contribution in [0.15, 0.2) is 54.6 Å². The van der Waals surface area contributed by atoms with Gasteiger partial charge in [-0.15, -0.1) is 0 Å². The molecule has 1 unspecified atom stereocenters. The second-order valence-electron chi connectivity index (χ2n) is 4.96. The maximum absolute atomic E-state index is 11.3. The van der Waals surface area contributed by atoms with E-state index in [2.05, 4.69) is 0 Å². The lowest BCUT2D eigenvalue weighted by atomic mass is 10.1. The van der Waals surface area contributed by atoms with E-state index in [1.165, 1.54) is 0 Å². The summed E-state index contributed by atoms with van der Waals surface area (Å²) in [6.07, 6.45) is 0.561. The maximum atomic E-state index is 11.3. The molecule has 0 heterocycles. The summed E-state index contributed by atoms with van der Waals surface area (Å²) in [5.41, 5.74) is 0.886. The van der Waals surface area contributed by atoms with Crippen molar-refractivity contribution < 1.29 is 14.6 Å². The quantitative estimate of drug-likeness (QED) is 0.833. The summed E-state index contributed by atoms with van der Waals surface area (Å²) in [6, 6.07) is 16.6. The van der Waals surface area contributed by atoms with Gasteiger partial charge in [0.2, 0.25) is 0 Å². The zero-order chi connectivity index (χ0) is 15.9. The normalized spacial score (nSPS) is 11.7. The lowest BCUT2D eigenvalue weighted by molar-refractivity contribution is -0.138. The Bertz CT molecular complexity index is 595. The number of para-hydroxylation sites is 1. The van der Waals surface area contributed by atoms with Crippen LogP contribution in [-0.2, 0) is 4.79 Å². The van der Waals surface area contributed by atoms with Gasteiger partial charge in [-0.3, -0.25) is 0 Å². The van der Waals surface area contributed by atoms with Crippen LogP contribution in [-0.4, -0.2) is 23.7 Å². The highest BCUT2D eigenvalue weighted by Gasteiger charge is 2.22. The fourth-order valence-electron chi connectivity index (χ4n) is 2.44. The minimum Gasteiger partial charge on any atom is -0.480 e. The molecule has 0 saturated carbocycles. The minimum absolute atomic E-state index is 0.508. The van der Waals surface area contributed by atoms with Crippen molar-refractivity contribution in [3.05, 3.63) is 54.6 Å². The van der Waals surface area contributed by atoms with Crippen LogP contribution in [0.4, 0.5) is 5.69 Å². The molecular formula is C18H21NO3. The molecule has 1 atom stereocenters. The maximum Gasteiger partial charge on any atom is 0.326 e. The van der Waals surface area contributed by atoms with E-state index in [-0.39, 0.29) is 0 Å². The van der Waals surface area contributed by atoms with Crippen molar-refractivity contribution in [3.63, 3.8) is 0 Å². The lowest BCUT2D eigenvalue weighted by Crippen LogP contribution is -2.40. The van der Waals surface area contributed by atoms with E-state index >= 15 is 0 Å². The Morgan fingerprint density at radius 2 is 1.64 bits per heavy atom. The molecule has 2 rings (SSSR count). The predicted molar refractivity (Wildman–Crippen MR) is 87.7 cm³/mol. The molecule has 0 aliphatic carbocycles. The number of hydrogen-bond donors (Lipinski definition) is 1. The Labute approximate surface area is 131 Å². The highest BCUT2D eigenvalue weighted by atomic mass is 16.5. The van der Waals surface area contributed by atoms with Gasteiger partial charge >= 0.3 is 5.97 Å². The van der Waals surface area contributed by atoms with Gasteiger partial charge in [-0.1, -0.05) is 25.1 Å². The van der Waals surface area contributed by atoms with Gasteiger partial charge in [0, 0.05) is 12.2 Å². The van der Waals surface area contributed by atoms with E-state index in [0.29, 0.717) is 13.0 Å². The first-order valence-electron chi connectivity index (χ1n) is 7.48. The molecule has 0 fully saturated rings. The van der Waals surface area contributed by atoms with Gasteiger partial charge in [0.05, 0.1) is 0 Å². The predicted octanol–water partition coefficient (Wildman–Crippen LogP) is 4.17. The third-order valence-corrected chi connectivity index (χ3v) is 3.54. The van der Waals surface area contributed by atoms with Gasteiger partial charge < -0.3 is 14.7 Å². The third-order valence-electron chi connectivity index (χ3n) is 3.54. The second-order valence-corrected chi connectivity index (χ2v) is 4.96. The fraction of sp³-hybridized carbons (Fsp3) is 0.278. The average Bonchev–Trinajstić information content (AvgIpc) is 2.54. The van der Waals surface area contributed by atoms with Crippen LogP contribution in [0, 0.1) is 0 Å². The zero-order valence-corrected chi connectivity index (χ0v) is 12.9. The zero-order valence-electron chi connectivity index (χ0n) is 12.9. The first-order valence-corrected chi connectivity index (χ1v) is 7.48. The smallest absolute Gasteiger partial charge is 0.326 e. The SMILES string of the molecule is CCC(C(=O)O)N(CC)c1ccc(Oc2ccccc2)cc1. The van der Waals surface area contributed by atoms with Gasteiger partial charge in [0.1, 0.15) is 17.5 Å². The molecule has 2 aromatic carbocycles. The number of hydrogen-bond acceptors (Lipinski definition) is 3. The van der Waals surface area contributed by atoms with Crippen LogP contribution in [0.2, 0.25) is 0 Å². The van der Waals surface area contributed by atoms with E-state index in [1.807, 2.05) is 73.3 Å². The number of aliphatic carboxylic acids is 1. The molecular weight excluding hydrogens is 278 g/mol. The lowest BCUT2D eigenvalue weighted by Gasteiger charge is -2.29. The molecule has 4 nitrogen and oxygen atoms in total. The Balaban J connectivity index is 2.14. The summed E-state index contributed by atoms with van der Waals surface area (Å²) < 4.78 is 5.75. The number of likely N-dealkylation sites (N-methyl/N-ethyl adjacent to an activating group) is 1. The van der Waals surface area contributed by atoms with Crippen molar-refractivity contribution in [3.8, 4) is 11.5 Å². The molecule has 4 heteroatoms.